The zero-order valence-corrected chi connectivity index (χ0v) is 72.4. The molecule has 6 aliphatic rings. The quantitative estimate of drug-likeness (QED) is 0.0521. The predicted molar refractivity (Wildman–Crippen MR) is 448 cm³/mol. The van der Waals surface area contributed by atoms with Crippen molar-refractivity contribution < 1.29 is 120 Å². The first-order valence-electron chi connectivity index (χ1n) is 39.4. The molecule has 0 aromatic carbocycles. The zero-order valence-electron chi connectivity index (χ0n) is 72.4. The number of hydrogen-bond donors (Lipinski definition) is 11. The Morgan fingerprint density at radius 3 is 1.06 bits per heavy atom. The average Bonchev–Trinajstić information content (AvgIpc) is 0.968. The second-order valence-electron chi connectivity index (χ2n) is 30.7. The maximum Gasteiger partial charge on any atom is 0.405 e. The van der Waals surface area contributed by atoms with Crippen molar-refractivity contribution in [3.05, 3.63) is 188 Å². The highest BCUT2D eigenvalue weighted by molar-refractivity contribution is 6.25. The van der Waals surface area contributed by atoms with Crippen molar-refractivity contribution in [1.82, 2.24) is 21.3 Å². The number of primary amides is 3. The standard InChI is InChI=1S/C31H43N3O8.C29H40N2O9.C28H39N3O8/c1-8-12-33-26-21-13-17(2)14-25(41-7)27(36)19(4)15-20(5)29(42-31(32)39)24(40-6)11-9-10-18(3)30(38)34-22(28(21)37)16-23(26)35;1-15-11-19-25(34)20(14-21(32)27(19)39-7)31-28(35)16(2)9-8-10-22(37-5)26(40-29(30)36)18(4)13-17(3)24(33)23(12-15)38-6;1-14-10-18-23(29)20(32)13-19(25(18)34)31-27(35)15(2)8-7-9-21(37-5)26(39-28(30)36)17(4)12-16(3)24(33)22(11-14)38-6/h8-11,15-17,19,24-25,27,29,33,36H,1,12-14H2,2-7H3,(H2,32,39)(H,34,38);8-10,13-15,17,22-24,26,33H,11-12H2,1-7H3,(H2,30,36)(H,31,35);7-9,12-14,16,21-22,24,26,33H,10-11,29H2,1-6H3,(H2,30,36)(H,31,35)/b11-9-,18-10+,20-15+;10-8-,16-9+,18-13+;9-7-,15-8+,17-12+/t17-,19+,24+,25+,27-,29+;15-,17+,22+,23+,24-,26+;14-,16+,21+,22+,24-,26+/m111/s1. The number of methoxy groups -OCH3 is 7. The second-order valence-corrected chi connectivity index (χ2v) is 30.7. The molecule has 3 aliphatic carbocycles. The molecule has 121 heavy (non-hydrogen) atoms. The van der Waals surface area contributed by atoms with E-state index in [9.17, 15) is 72.9 Å². The monoisotopic (exact) mass is 1690 g/mol. The van der Waals surface area contributed by atoms with Crippen LogP contribution in [-0.2, 0) is 90.5 Å². The number of fused-ring (bicyclic) bond motifs is 6. The lowest BCUT2D eigenvalue weighted by Crippen LogP contribution is -2.37. The van der Waals surface area contributed by atoms with Gasteiger partial charge in [0.05, 0.1) is 72.2 Å². The summed E-state index contributed by atoms with van der Waals surface area (Å²) in [5.74, 6) is -6.90. The Kier molecular flexibility index (Phi) is 41.6. The number of ether oxygens (including phenoxy) is 10. The molecule has 0 aromatic heterocycles. The number of aliphatic hydroxyl groups excluding tert-OH is 3. The van der Waals surface area contributed by atoms with Crippen LogP contribution in [0.2, 0.25) is 0 Å². The number of allylic oxidation sites excluding steroid dienone is 12. The number of Topliss-reactive ketones (excluding diaryl/α,β-unsaturated/α-hetero) is 3. The van der Waals surface area contributed by atoms with Gasteiger partial charge in [0.2, 0.25) is 34.7 Å². The van der Waals surface area contributed by atoms with Crippen molar-refractivity contribution in [1.29, 1.82) is 0 Å². The smallest absolute Gasteiger partial charge is 0.405 e. The molecule has 6 rings (SSSR count). The molecule has 664 valence electrons. The fourth-order valence-electron chi connectivity index (χ4n) is 14.3. The van der Waals surface area contributed by atoms with E-state index in [-0.39, 0.29) is 111 Å². The maximum absolute atomic E-state index is 13.5. The van der Waals surface area contributed by atoms with Crippen LogP contribution in [0.25, 0.3) is 0 Å². The molecular formula is C88H122N8O25. The van der Waals surface area contributed by atoms with Gasteiger partial charge >= 0.3 is 18.3 Å². The molecular weight excluding hydrogens is 1570 g/mol. The van der Waals surface area contributed by atoms with Gasteiger partial charge in [-0.2, -0.15) is 0 Å². The second kappa shape index (κ2) is 49.1. The molecule has 33 nitrogen and oxygen atoms in total. The van der Waals surface area contributed by atoms with Gasteiger partial charge in [0.1, 0.15) is 18.3 Å². The maximum atomic E-state index is 13.5. The average molecular weight is 1690 g/mol. The normalized spacial score (nSPS) is 32.5. The third kappa shape index (κ3) is 29.8. The van der Waals surface area contributed by atoms with Crippen LogP contribution in [0.4, 0.5) is 14.4 Å². The van der Waals surface area contributed by atoms with Gasteiger partial charge < -0.3 is 107 Å². The van der Waals surface area contributed by atoms with E-state index in [1.54, 1.807) is 103 Å². The zero-order chi connectivity index (χ0) is 91.1. The largest absolute Gasteiger partial charge is 0.492 e. The molecule has 0 saturated carbocycles. The van der Waals surface area contributed by atoms with E-state index in [1.165, 1.54) is 87.9 Å². The lowest BCUT2D eigenvalue weighted by Gasteiger charge is -2.30. The molecule has 0 saturated heterocycles. The van der Waals surface area contributed by atoms with E-state index in [1.807, 2.05) is 20.8 Å². The first kappa shape index (κ1) is 102. The molecule has 0 unspecified atom stereocenters. The summed E-state index contributed by atoms with van der Waals surface area (Å²) in [6.07, 6.45) is 12.5. The fraction of sp³-hybridized carbons (Fsp3) is 0.500. The molecule has 0 spiro atoms. The van der Waals surface area contributed by atoms with E-state index in [2.05, 4.69) is 27.8 Å². The Morgan fingerprint density at radius 1 is 0.455 bits per heavy atom. The molecule has 33 heteroatoms. The van der Waals surface area contributed by atoms with Crippen molar-refractivity contribution >= 4 is 70.7 Å². The van der Waals surface area contributed by atoms with Crippen LogP contribution >= 0.6 is 0 Å². The van der Waals surface area contributed by atoms with Crippen LogP contribution in [0.3, 0.4) is 0 Å². The summed E-state index contributed by atoms with van der Waals surface area (Å²) in [4.78, 5) is 152. The molecule has 15 N–H and O–H groups in total. The number of nitrogens with two attached hydrogens (primary N) is 4. The van der Waals surface area contributed by atoms with E-state index in [0.717, 1.165) is 18.2 Å². The van der Waals surface area contributed by atoms with Gasteiger partial charge in [0.15, 0.2) is 24.1 Å². The summed E-state index contributed by atoms with van der Waals surface area (Å²) >= 11 is 0. The van der Waals surface area contributed by atoms with Crippen molar-refractivity contribution in [3.63, 3.8) is 0 Å². The SMILES string of the molecule is C=CCNC1=C2C[C@@H](C)C[C@H](OC)[C@H](O)[C@@H](C)/C=C(\C)[C@H](OC(N)=O)[C@@H](OC)/C=C\C=C(/C)C(=O)NC(=CC1=O)C2=O.COC1=C2C[C@@H](C)C[C@H](OC)[C@H](O)[C@@H](C)/C=C(\C)[C@H](OC(N)=O)[C@@H](OC)/C=C\C=C(/C)C(=O)NC(=CC1=O)C2=O.CO[C@H]1/C=C\C=C(/C)C(=O)NC2=CC(=O)C(N)=C(C[C@@H](C)C[C@H](OC)[C@H](O)[C@@H](C)/C=C(\C)[C@@H]1OC(N)=O)C2=O. The van der Waals surface area contributed by atoms with Crippen molar-refractivity contribution in [2.24, 2.45) is 58.4 Å². The summed E-state index contributed by atoms with van der Waals surface area (Å²) < 4.78 is 54.7. The first-order valence-corrected chi connectivity index (χ1v) is 39.4. The summed E-state index contributed by atoms with van der Waals surface area (Å²) in [6, 6.07) is 0. The number of carbonyl (C=O) groups excluding carboxylic acids is 12. The highest BCUT2D eigenvalue weighted by atomic mass is 16.6. The number of hydrogen-bond acceptors (Lipinski definition) is 27. The van der Waals surface area contributed by atoms with Gasteiger partial charge in [-0.05, 0) is 115 Å². The molecule has 18 atom stereocenters. The number of aliphatic hydroxyl groups is 3. The molecule has 6 bridgehead atoms. The minimum Gasteiger partial charge on any atom is -0.492 e. The van der Waals surface area contributed by atoms with Crippen LogP contribution in [-0.4, -0.2) is 216 Å². The minimum atomic E-state index is -1.00. The third-order valence-electron chi connectivity index (χ3n) is 21.0. The minimum absolute atomic E-state index is 0.0801. The van der Waals surface area contributed by atoms with Gasteiger partial charge in [-0.15, -0.1) is 6.58 Å². The van der Waals surface area contributed by atoms with E-state index in [4.69, 9.17) is 70.3 Å². The molecule has 0 aromatic rings. The summed E-state index contributed by atoms with van der Waals surface area (Å²) in [7, 11) is 10.0. The van der Waals surface area contributed by atoms with Crippen molar-refractivity contribution in [3.8, 4) is 0 Å². The molecule has 0 radical (unpaired) electrons. The van der Waals surface area contributed by atoms with Gasteiger partial charge in [-0.1, -0.05) is 121 Å². The molecule has 0 fully saturated rings. The summed E-state index contributed by atoms with van der Waals surface area (Å²) in [5.41, 5.74) is 24.4. The Balaban J connectivity index is 0.000000381. The van der Waals surface area contributed by atoms with Gasteiger partial charge in [0.25, 0.3) is 17.7 Å². The van der Waals surface area contributed by atoms with Crippen molar-refractivity contribution in [2.75, 3.05) is 56.3 Å². The molecule has 3 aliphatic heterocycles. The van der Waals surface area contributed by atoms with E-state index in [0.29, 0.717) is 36.0 Å². The Hall–Kier alpha value is -10.9. The number of carbonyl (C=O) groups is 12. The van der Waals surface area contributed by atoms with Crippen LogP contribution in [0.1, 0.15) is 122 Å². The highest BCUT2D eigenvalue weighted by Crippen LogP contribution is 2.34. The van der Waals surface area contributed by atoms with Crippen LogP contribution in [0.15, 0.2) is 188 Å². The van der Waals surface area contributed by atoms with Crippen LogP contribution in [0.5, 0.6) is 0 Å². The predicted octanol–water partition coefficient (Wildman–Crippen LogP) is 6.67. The first-order chi connectivity index (χ1) is 57.0. The lowest BCUT2D eigenvalue weighted by atomic mass is 9.85. The molecule has 6 amide bonds. The van der Waals surface area contributed by atoms with Crippen LogP contribution < -0.4 is 44.2 Å². The number of nitrogens with one attached hydrogen (secondary N) is 4. The summed E-state index contributed by atoms with van der Waals surface area (Å²) in [5, 5.41) is 44.0. The Bertz CT molecular complexity index is 4350. The number of amides is 6. The van der Waals surface area contributed by atoms with Gasteiger partial charge in [0, 0.05) is 119 Å². The van der Waals surface area contributed by atoms with Gasteiger partial charge in [-0.3, -0.25) is 43.2 Å². The Labute approximate surface area is 706 Å². The lowest BCUT2D eigenvalue weighted by molar-refractivity contribution is -0.121. The Morgan fingerprint density at radius 2 is 0.752 bits per heavy atom. The van der Waals surface area contributed by atoms with Crippen molar-refractivity contribution in [2.45, 2.75) is 195 Å². The number of rotatable bonds is 13. The fourth-order valence-corrected chi connectivity index (χ4v) is 14.3. The summed E-state index contributed by atoms with van der Waals surface area (Å²) in [6.45, 7) is 24.7. The van der Waals surface area contributed by atoms with Gasteiger partial charge in [-0.25, -0.2) is 14.4 Å². The van der Waals surface area contributed by atoms with E-state index < -0.39 is 162 Å². The van der Waals surface area contributed by atoms with Crippen LogP contribution in [0, 0.1) is 35.5 Å². The number of ketones is 6. The topological polar surface area (TPSA) is 510 Å². The third-order valence-corrected chi connectivity index (χ3v) is 21.0. The molecule has 3 heterocycles. The highest BCUT2D eigenvalue weighted by Gasteiger charge is 2.39. The van der Waals surface area contributed by atoms with E-state index >= 15 is 0 Å².